The summed E-state index contributed by atoms with van der Waals surface area (Å²) in [5.74, 6) is 1.31. The zero-order valence-electron chi connectivity index (χ0n) is 20.6. The minimum Gasteiger partial charge on any atom is -0.493 e. The largest absolute Gasteiger partial charge is 0.493 e. The van der Waals surface area contributed by atoms with E-state index in [1.807, 2.05) is 36.1 Å². The molecule has 1 aliphatic rings. The number of amides is 1. The zero-order valence-corrected chi connectivity index (χ0v) is 20.6. The lowest BCUT2D eigenvalue weighted by molar-refractivity contribution is -0.129. The summed E-state index contributed by atoms with van der Waals surface area (Å²) in [5.41, 5.74) is 2.38. The van der Waals surface area contributed by atoms with Crippen LogP contribution in [-0.4, -0.2) is 79.1 Å². The zero-order chi connectivity index (χ0) is 25.1. The van der Waals surface area contributed by atoms with E-state index in [1.54, 1.807) is 24.0 Å². The molecule has 0 bridgehead atoms. The van der Waals surface area contributed by atoms with Crippen LogP contribution >= 0.6 is 0 Å². The third-order valence-electron chi connectivity index (χ3n) is 6.03. The molecule has 1 aliphatic heterocycles. The van der Waals surface area contributed by atoms with Crippen LogP contribution in [-0.2, 0) is 4.79 Å². The van der Waals surface area contributed by atoms with Gasteiger partial charge in [0.25, 0.3) is 0 Å². The van der Waals surface area contributed by atoms with E-state index in [0.717, 1.165) is 11.3 Å². The lowest BCUT2D eigenvalue weighted by atomic mass is 10.1. The van der Waals surface area contributed by atoms with Crippen molar-refractivity contribution < 1.29 is 23.8 Å². The van der Waals surface area contributed by atoms with Crippen molar-refractivity contribution in [2.75, 3.05) is 52.4 Å². The van der Waals surface area contributed by atoms with Crippen LogP contribution in [0.3, 0.4) is 0 Å². The predicted octanol–water partition coefficient (Wildman–Crippen LogP) is 2.50. The first-order valence-corrected chi connectivity index (χ1v) is 11.3. The molecule has 4 rings (SSSR count). The van der Waals surface area contributed by atoms with E-state index in [2.05, 4.69) is 10.2 Å². The lowest BCUT2D eigenvalue weighted by Gasteiger charge is -2.34. The van der Waals surface area contributed by atoms with Gasteiger partial charge in [-0.05, 0) is 31.2 Å². The number of benzene rings is 2. The normalized spacial score (nSPS) is 13.5. The molecule has 1 amide bonds. The molecule has 0 atom stereocenters. The summed E-state index contributed by atoms with van der Waals surface area (Å²) in [6, 6.07) is 10.9. The second-order valence-corrected chi connectivity index (χ2v) is 8.23. The van der Waals surface area contributed by atoms with Gasteiger partial charge in [0, 0.05) is 38.7 Å². The van der Waals surface area contributed by atoms with Crippen LogP contribution in [0.5, 0.6) is 17.2 Å². The van der Waals surface area contributed by atoms with Crippen LogP contribution in [0, 0.1) is 6.92 Å². The van der Waals surface area contributed by atoms with Crippen LogP contribution in [0.15, 0.2) is 36.4 Å². The van der Waals surface area contributed by atoms with Gasteiger partial charge in [-0.15, -0.1) is 15.0 Å². The average molecular weight is 480 g/mol. The fourth-order valence-electron chi connectivity index (χ4n) is 4.03. The highest BCUT2D eigenvalue weighted by Crippen LogP contribution is 2.39. The Morgan fingerprint density at radius 3 is 1.97 bits per heavy atom. The number of ketones is 1. The Balaban J connectivity index is 1.77. The second-order valence-electron chi connectivity index (χ2n) is 8.23. The van der Waals surface area contributed by atoms with Gasteiger partial charge in [-0.25, -0.2) is 0 Å². The van der Waals surface area contributed by atoms with Crippen molar-refractivity contribution in [3.63, 3.8) is 0 Å². The SMILES string of the molecule is COc1cc(C(=O)c2nn(-c3ccc(C)cc3)nc2N2CCN(C(C)=O)CC2)cc(OC)c1OC. The summed E-state index contributed by atoms with van der Waals surface area (Å²) in [7, 11) is 4.51. The highest BCUT2D eigenvalue weighted by Gasteiger charge is 2.29. The number of aryl methyl sites for hydroxylation is 1. The van der Waals surface area contributed by atoms with Crippen LogP contribution in [0.25, 0.3) is 5.69 Å². The molecular formula is C25H29N5O5. The number of hydrogen-bond donors (Lipinski definition) is 0. The predicted molar refractivity (Wildman–Crippen MR) is 130 cm³/mol. The van der Waals surface area contributed by atoms with E-state index in [1.165, 1.54) is 26.1 Å². The number of carbonyl (C=O) groups excluding carboxylic acids is 2. The van der Waals surface area contributed by atoms with Crippen molar-refractivity contribution in [3.05, 3.63) is 53.2 Å². The fourth-order valence-corrected chi connectivity index (χ4v) is 4.03. The summed E-state index contributed by atoms with van der Waals surface area (Å²) in [5, 5.41) is 9.28. The second kappa shape index (κ2) is 10.0. The molecule has 3 aromatic rings. The quantitative estimate of drug-likeness (QED) is 0.477. The maximum Gasteiger partial charge on any atom is 0.219 e. The number of nitrogens with zero attached hydrogens (tertiary/aromatic N) is 5. The van der Waals surface area contributed by atoms with Crippen molar-refractivity contribution in [1.29, 1.82) is 0 Å². The van der Waals surface area contributed by atoms with Gasteiger partial charge in [-0.3, -0.25) is 9.59 Å². The van der Waals surface area contributed by atoms with Gasteiger partial charge in [-0.2, -0.15) is 0 Å². The molecule has 184 valence electrons. The van der Waals surface area contributed by atoms with Crippen molar-refractivity contribution in [2.24, 2.45) is 0 Å². The van der Waals surface area contributed by atoms with E-state index in [9.17, 15) is 9.59 Å². The number of methoxy groups -OCH3 is 3. The minimum atomic E-state index is -0.327. The van der Waals surface area contributed by atoms with Gasteiger partial charge in [0.1, 0.15) is 0 Å². The van der Waals surface area contributed by atoms with Gasteiger partial charge in [-0.1, -0.05) is 17.7 Å². The summed E-state index contributed by atoms with van der Waals surface area (Å²) in [6.45, 7) is 5.74. The van der Waals surface area contributed by atoms with Crippen molar-refractivity contribution in [3.8, 4) is 22.9 Å². The van der Waals surface area contributed by atoms with E-state index in [-0.39, 0.29) is 17.4 Å². The van der Waals surface area contributed by atoms with Gasteiger partial charge in [0.05, 0.1) is 27.0 Å². The molecule has 1 aromatic heterocycles. The molecule has 0 saturated carbocycles. The number of piperazine rings is 1. The average Bonchev–Trinajstić information content (AvgIpc) is 3.33. The van der Waals surface area contributed by atoms with E-state index in [4.69, 9.17) is 14.2 Å². The minimum absolute atomic E-state index is 0.0293. The molecule has 0 unspecified atom stereocenters. The van der Waals surface area contributed by atoms with Gasteiger partial charge < -0.3 is 24.0 Å². The molecule has 1 fully saturated rings. The Hall–Kier alpha value is -4.08. The Morgan fingerprint density at radius 2 is 1.46 bits per heavy atom. The number of carbonyl (C=O) groups is 2. The van der Waals surface area contributed by atoms with Crippen LogP contribution in [0.4, 0.5) is 5.82 Å². The molecule has 2 aromatic carbocycles. The van der Waals surface area contributed by atoms with Gasteiger partial charge in [0.15, 0.2) is 23.0 Å². The maximum atomic E-state index is 13.8. The molecule has 35 heavy (non-hydrogen) atoms. The molecule has 1 saturated heterocycles. The number of aromatic nitrogens is 3. The third-order valence-corrected chi connectivity index (χ3v) is 6.03. The molecule has 0 aliphatic carbocycles. The standard InChI is InChI=1S/C25H29N5O5/c1-16-6-8-19(9-7-16)30-26-22(25(27-30)29-12-10-28(11-13-29)17(2)31)23(32)18-14-20(33-3)24(35-5)21(15-18)34-4/h6-9,14-15H,10-13H2,1-5H3. The third kappa shape index (κ3) is 4.77. The maximum absolute atomic E-state index is 13.8. The van der Waals surface area contributed by atoms with E-state index >= 15 is 0 Å². The molecule has 0 N–H and O–H groups in total. The first-order chi connectivity index (χ1) is 16.9. The number of anilines is 1. The molecule has 0 radical (unpaired) electrons. The highest BCUT2D eigenvalue weighted by atomic mass is 16.5. The lowest BCUT2D eigenvalue weighted by Crippen LogP contribution is -2.48. The first-order valence-electron chi connectivity index (χ1n) is 11.3. The van der Waals surface area contributed by atoms with Crippen LogP contribution in [0.1, 0.15) is 28.5 Å². The Labute approximate surface area is 204 Å². The summed E-state index contributed by atoms with van der Waals surface area (Å²) in [4.78, 5) is 30.8. The molecule has 10 heteroatoms. The van der Waals surface area contributed by atoms with Crippen LogP contribution < -0.4 is 19.1 Å². The number of ether oxygens (including phenoxy) is 3. The highest BCUT2D eigenvalue weighted by molar-refractivity contribution is 6.11. The molecule has 10 nitrogen and oxygen atoms in total. The fraction of sp³-hybridized carbons (Fsp3) is 0.360. The van der Waals surface area contributed by atoms with Gasteiger partial charge >= 0.3 is 0 Å². The number of hydrogen-bond acceptors (Lipinski definition) is 8. The molecular weight excluding hydrogens is 450 g/mol. The monoisotopic (exact) mass is 479 g/mol. The van der Waals surface area contributed by atoms with E-state index in [0.29, 0.717) is 54.8 Å². The van der Waals surface area contributed by atoms with E-state index < -0.39 is 0 Å². The smallest absolute Gasteiger partial charge is 0.219 e. The number of rotatable bonds is 7. The van der Waals surface area contributed by atoms with Crippen molar-refractivity contribution in [2.45, 2.75) is 13.8 Å². The molecule has 0 spiro atoms. The molecule has 2 heterocycles. The Bertz CT molecular complexity index is 1200. The van der Waals surface area contributed by atoms with Crippen molar-refractivity contribution >= 4 is 17.5 Å². The Morgan fingerprint density at radius 1 is 0.857 bits per heavy atom. The summed E-state index contributed by atoms with van der Waals surface area (Å²) < 4.78 is 16.2. The van der Waals surface area contributed by atoms with Gasteiger partial charge in [0.2, 0.25) is 17.4 Å². The van der Waals surface area contributed by atoms with Crippen molar-refractivity contribution in [1.82, 2.24) is 19.9 Å². The topological polar surface area (TPSA) is 99.0 Å². The van der Waals surface area contributed by atoms with Crippen LogP contribution in [0.2, 0.25) is 0 Å². The summed E-state index contributed by atoms with van der Waals surface area (Å²) in [6.07, 6.45) is 0. The Kier molecular flexibility index (Phi) is 6.90. The first kappa shape index (κ1) is 24.1. The summed E-state index contributed by atoms with van der Waals surface area (Å²) >= 11 is 0.